The zero-order valence-electron chi connectivity index (χ0n) is 14.9. The summed E-state index contributed by atoms with van der Waals surface area (Å²) in [6, 6.07) is 2.33. The lowest BCUT2D eigenvalue weighted by molar-refractivity contribution is 0.0480. The van der Waals surface area contributed by atoms with Crippen LogP contribution in [0.1, 0.15) is 50.7 Å². The van der Waals surface area contributed by atoms with E-state index in [1.54, 1.807) is 13.8 Å². The van der Waals surface area contributed by atoms with Gasteiger partial charge in [-0.05, 0) is 39.0 Å². The van der Waals surface area contributed by atoms with E-state index in [4.69, 9.17) is 13.9 Å². The summed E-state index contributed by atoms with van der Waals surface area (Å²) in [6.07, 6.45) is 0. The molecule has 1 heterocycles. The zero-order chi connectivity index (χ0) is 20.1. The summed E-state index contributed by atoms with van der Waals surface area (Å²) in [5.41, 5.74) is -1.18. The highest BCUT2D eigenvalue weighted by Crippen LogP contribution is 2.29. The van der Waals surface area contributed by atoms with E-state index in [-0.39, 0.29) is 30.1 Å². The van der Waals surface area contributed by atoms with Gasteiger partial charge in [-0.25, -0.2) is 18.4 Å². The van der Waals surface area contributed by atoms with E-state index < -0.39 is 40.9 Å². The van der Waals surface area contributed by atoms with Gasteiger partial charge in [0.05, 0.1) is 18.8 Å². The van der Waals surface area contributed by atoms with Crippen LogP contribution in [0.3, 0.4) is 0 Å². The first kappa shape index (κ1) is 20.1. The second-order valence-corrected chi connectivity index (χ2v) is 5.26. The van der Waals surface area contributed by atoms with E-state index in [9.17, 15) is 23.2 Å². The van der Waals surface area contributed by atoms with Crippen LogP contribution < -0.4 is 5.32 Å². The molecule has 9 heteroatoms. The number of hydrogen-bond acceptors (Lipinski definition) is 6. The van der Waals surface area contributed by atoms with Gasteiger partial charge in [0, 0.05) is 0 Å². The first-order chi connectivity index (χ1) is 12.8. The fraction of sp³-hybridized carbons (Fsp3) is 0.278. The van der Waals surface area contributed by atoms with E-state index >= 15 is 0 Å². The number of halogens is 2. The standard InChI is InChI=1S/C18H17F2NO6/c1-4-25-17(23)13-9(3)27-16(14(13)18(24)26-5-2)21-15(22)11-8-10(19)6-7-12(11)20/h6-8H,4-5H2,1-3H3,(H,21,22). The molecule has 0 aliphatic heterocycles. The van der Waals surface area contributed by atoms with Gasteiger partial charge in [0.1, 0.15) is 28.5 Å². The highest BCUT2D eigenvalue weighted by atomic mass is 19.1. The number of benzene rings is 1. The van der Waals surface area contributed by atoms with Gasteiger partial charge in [-0.1, -0.05) is 0 Å². The van der Waals surface area contributed by atoms with Crippen molar-refractivity contribution in [1.29, 1.82) is 0 Å². The number of rotatable bonds is 6. The van der Waals surface area contributed by atoms with E-state index in [0.29, 0.717) is 6.07 Å². The lowest BCUT2D eigenvalue weighted by Crippen LogP contribution is -2.18. The summed E-state index contributed by atoms with van der Waals surface area (Å²) in [5, 5.41) is 2.17. The lowest BCUT2D eigenvalue weighted by Gasteiger charge is -2.07. The summed E-state index contributed by atoms with van der Waals surface area (Å²) in [5.74, 6) is -5.09. The van der Waals surface area contributed by atoms with Crippen molar-refractivity contribution in [2.45, 2.75) is 20.8 Å². The highest BCUT2D eigenvalue weighted by Gasteiger charge is 2.31. The number of nitrogens with one attached hydrogen (secondary N) is 1. The molecule has 0 saturated carbocycles. The van der Waals surface area contributed by atoms with Crippen LogP contribution in [0.25, 0.3) is 0 Å². The second-order valence-electron chi connectivity index (χ2n) is 5.26. The number of ether oxygens (including phenoxy) is 2. The maximum absolute atomic E-state index is 13.8. The van der Waals surface area contributed by atoms with Crippen LogP contribution in [0.15, 0.2) is 22.6 Å². The number of esters is 2. The largest absolute Gasteiger partial charge is 0.462 e. The second kappa shape index (κ2) is 8.43. The average Bonchev–Trinajstić information content (AvgIpc) is 2.93. The third-order valence-electron chi connectivity index (χ3n) is 3.44. The molecule has 0 fully saturated rings. The molecular weight excluding hydrogens is 364 g/mol. The zero-order valence-corrected chi connectivity index (χ0v) is 14.9. The molecule has 0 saturated heterocycles. The Morgan fingerprint density at radius 2 is 1.63 bits per heavy atom. The Labute approximate surface area is 153 Å². The Morgan fingerprint density at radius 1 is 1.04 bits per heavy atom. The average molecular weight is 381 g/mol. The lowest BCUT2D eigenvalue weighted by atomic mass is 10.1. The molecule has 1 amide bonds. The predicted octanol–water partition coefficient (Wildman–Crippen LogP) is 3.47. The summed E-state index contributed by atoms with van der Waals surface area (Å²) < 4.78 is 42.2. The van der Waals surface area contributed by atoms with E-state index in [0.717, 1.165) is 12.1 Å². The van der Waals surface area contributed by atoms with Crippen LogP contribution in [-0.2, 0) is 9.47 Å². The molecule has 0 spiro atoms. The Hall–Kier alpha value is -3.23. The van der Waals surface area contributed by atoms with Crippen molar-refractivity contribution in [3.05, 3.63) is 52.3 Å². The van der Waals surface area contributed by atoms with Crippen molar-refractivity contribution in [2.24, 2.45) is 0 Å². The van der Waals surface area contributed by atoms with Crippen molar-refractivity contribution in [3.63, 3.8) is 0 Å². The third-order valence-corrected chi connectivity index (χ3v) is 3.44. The summed E-state index contributed by atoms with van der Waals surface area (Å²) in [6.45, 7) is 4.55. The molecule has 27 heavy (non-hydrogen) atoms. The van der Waals surface area contributed by atoms with Crippen LogP contribution >= 0.6 is 0 Å². The molecule has 0 atom stereocenters. The molecule has 0 unspecified atom stereocenters. The van der Waals surface area contributed by atoms with Crippen LogP contribution in [0.4, 0.5) is 14.7 Å². The molecule has 7 nitrogen and oxygen atoms in total. The van der Waals surface area contributed by atoms with Crippen molar-refractivity contribution >= 4 is 23.7 Å². The van der Waals surface area contributed by atoms with Gasteiger partial charge >= 0.3 is 11.9 Å². The molecule has 0 aliphatic rings. The molecule has 1 aromatic heterocycles. The molecule has 2 rings (SSSR count). The van der Waals surface area contributed by atoms with Crippen LogP contribution in [0.5, 0.6) is 0 Å². The smallest absolute Gasteiger partial charge is 0.344 e. The van der Waals surface area contributed by atoms with Crippen molar-refractivity contribution in [1.82, 2.24) is 0 Å². The molecule has 144 valence electrons. The monoisotopic (exact) mass is 381 g/mol. The summed E-state index contributed by atoms with van der Waals surface area (Å²) >= 11 is 0. The first-order valence-corrected chi connectivity index (χ1v) is 8.04. The predicted molar refractivity (Wildman–Crippen MR) is 89.7 cm³/mol. The topological polar surface area (TPSA) is 94.8 Å². The SMILES string of the molecule is CCOC(=O)c1c(C)oc(NC(=O)c2cc(F)ccc2F)c1C(=O)OCC. The number of carbonyl (C=O) groups excluding carboxylic acids is 3. The molecular formula is C18H17F2NO6. The molecule has 1 N–H and O–H groups in total. The van der Waals surface area contributed by atoms with Crippen molar-refractivity contribution in [2.75, 3.05) is 18.5 Å². The van der Waals surface area contributed by atoms with Gasteiger partial charge in [-0.15, -0.1) is 0 Å². The molecule has 2 aromatic rings. The fourth-order valence-corrected chi connectivity index (χ4v) is 2.32. The van der Waals surface area contributed by atoms with Gasteiger partial charge in [0.2, 0.25) is 5.88 Å². The Morgan fingerprint density at radius 3 is 2.22 bits per heavy atom. The van der Waals surface area contributed by atoms with Crippen molar-refractivity contribution < 1.29 is 37.1 Å². The maximum Gasteiger partial charge on any atom is 0.344 e. The van der Waals surface area contributed by atoms with Crippen molar-refractivity contribution in [3.8, 4) is 0 Å². The quantitative estimate of drug-likeness (QED) is 0.770. The van der Waals surface area contributed by atoms with E-state index in [1.807, 2.05) is 0 Å². The van der Waals surface area contributed by atoms with Gasteiger partial charge < -0.3 is 13.9 Å². The third kappa shape index (κ3) is 4.30. The van der Waals surface area contributed by atoms with E-state index in [2.05, 4.69) is 5.32 Å². The van der Waals surface area contributed by atoms with Crippen LogP contribution in [0.2, 0.25) is 0 Å². The first-order valence-electron chi connectivity index (χ1n) is 8.04. The number of amides is 1. The van der Waals surface area contributed by atoms with Gasteiger partial charge in [0.15, 0.2) is 0 Å². The molecule has 0 bridgehead atoms. The molecule has 0 aliphatic carbocycles. The van der Waals surface area contributed by atoms with Gasteiger partial charge in [-0.3, -0.25) is 10.1 Å². The fourth-order valence-electron chi connectivity index (χ4n) is 2.32. The minimum atomic E-state index is -1.07. The molecule has 1 aromatic carbocycles. The molecule has 0 radical (unpaired) electrons. The van der Waals surface area contributed by atoms with Gasteiger partial charge in [-0.2, -0.15) is 0 Å². The number of furan rings is 1. The minimum absolute atomic E-state index is 0.00274. The minimum Gasteiger partial charge on any atom is -0.462 e. The Kier molecular flexibility index (Phi) is 6.27. The number of carbonyl (C=O) groups is 3. The number of hydrogen-bond donors (Lipinski definition) is 1. The Bertz CT molecular complexity index is 890. The van der Waals surface area contributed by atoms with E-state index in [1.165, 1.54) is 6.92 Å². The normalized spacial score (nSPS) is 10.4. The Balaban J connectivity index is 2.48. The number of anilines is 1. The number of aryl methyl sites for hydroxylation is 1. The highest BCUT2D eigenvalue weighted by molar-refractivity contribution is 6.11. The summed E-state index contributed by atoms with van der Waals surface area (Å²) in [7, 11) is 0. The summed E-state index contributed by atoms with van der Waals surface area (Å²) in [4.78, 5) is 36.7. The maximum atomic E-state index is 13.8. The van der Waals surface area contributed by atoms with Crippen LogP contribution in [0, 0.1) is 18.6 Å². The van der Waals surface area contributed by atoms with Crippen LogP contribution in [-0.4, -0.2) is 31.1 Å². The van der Waals surface area contributed by atoms with Gasteiger partial charge in [0.25, 0.3) is 5.91 Å².